The highest BCUT2D eigenvalue weighted by atomic mass is 32.1. The summed E-state index contributed by atoms with van der Waals surface area (Å²) < 4.78 is 11.4. The van der Waals surface area contributed by atoms with E-state index in [2.05, 4.69) is 150 Å². The van der Waals surface area contributed by atoms with Crippen LogP contribution in [0.5, 0.6) is 0 Å². The van der Waals surface area contributed by atoms with E-state index in [0.717, 1.165) is 77.9 Å². The maximum Gasteiger partial charge on any atom is 0.161 e. The Morgan fingerprint density at radius 3 is 2.00 bits per heavy atom. The van der Waals surface area contributed by atoms with Gasteiger partial charge in [-0.25, -0.2) is 9.97 Å². The van der Waals surface area contributed by atoms with Gasteiger partial charge in [0.15, 0.2) is 5.82 Å². The molecule has 4 nitrogen and oxygen atoms in total. The molecule has 0 saturated carbocycles. The molecule has 0 unspecified atom stereocenters. The van der Waals surface area contributed by atoms with Gasteiger partial charge < -0.3 is 8.98 Å². The largest absolute Gasteiger partial charge is 0.455 e. The summed E-state index contributed by atoms with van der Waals surface area (Å²) in [5.74, 6) is 0.724. The third-order valence-electron chi connectivity index (χ3n) is 10.0. The fourth-order valence-electron chi connectivity index (χ4n) is 7.73. The number of para-hydroxylation sites is 2. The van der Waals surface area contributed by atoms with Gasteiger partial charge in [-0.2, -0.15) is 0 Å². The van der Waals surface area contributed by atoms with E-state index < -0.39 is 0 Å². The minimum atomic E-state index is 0.724. The molecule has 7 aromatic carbocycles. The SMILES string of the molecule is c1ccc(-c2cc(-c3ccc(-n4c5ccccc5c5c6oc7ccccc7c6ccc54)cc3)nc(-c3cccc4sc5ccccc5c34)n2)cc1. The zero-order valence-corrected chi connectivity index (χ0v) is 28.1. The van der Waals surface area contributed by atoms with E-state index in [1.54, 1.807) is 0 Å². The van der Waals surface area contributed by atoms with Crippen molar-refractivity contribution in [3.63, 3.8) is 0 Å². The van der Waals surface area contributed by atoms with Crippen LogP contribution in [0.2, 0.25) is 0 Å². The van der Waals surface area contributed by atoms with Gasteiger partial charge in [0.2, 0.25) is 0 Å². The first-order valence-electron chi connectivity index (χ1n) is 17.1. The average Bonchev–Trinajstić information content (AvgIpc) is 3.88. The number of fused-ring (bicyclic) bond motifs is 10. The topological polar surface area (TPSA) is 43.9 Å². The van der Waals surface area contributed by atoms with Crippen LogP contribution in [0.4, 0.5) is 0 Å². The summed E-state index contributed by atoms with van der Waals surface area (Å²) in [6, 6.07) is 57.6. The molecule has 4 aromatic heterocycles. The predicted octanol–water partition coefficient (Wildman–Crippen LogP) is 12.8. The van der Waals surface area contributed by atoms with Crippen LogP contribution in [0.25, 0.3) is 104 Å². The van der Waals surface area contributed by atoms with Crippen molar-refractivity contribution in [3.8, 4) is 39.6 Å². The lowest BCUT2D eigenvalue weighted by atomic mass is 10.0. The van der Waals surface area contributed by atoms with Gasteiger partial charge in [0.05, 0.1) is 27.8 Å². The number of hydrogen-bond donors (Lipinski definition) is 0. The van der Waals surface area contributed by atoms with Crippen LogP contribution in [0.15, 0.2) is 168 Å². The van der Waals surface area contributed by atoms with Crippen molar-refractivity contribution in [2.75, 3.05) is 0 Å². The molecule has 51 heavy (non-hydrogen) atoms. The highest BCUT2D eigenvalue weighted by molar-refractivity contribution is 7.25. The molecule has 0 N–H and O–H groups in total. The van der Waals surface area contributed by atoms with Gasteiger partial charge in [-0.15, -0.1) is 11.3 Å². The molecule has 0 spiro atoms. The first-order chi connectivity index (χ1) is 25.3. The number of aromatic nitrogens is 3. The summed E-state index contributed by atoms with van der Waals surface area (Å²) in [7, 11) is 0. The lowest BCUT2D eigenvalue weighted by Gasteiger charge is -2.12. The molecule has 0 amide bonds. The summed E-state index contributed by atoms with van der Waals surface area (Å²) in [5, 5.41) is 7.01. The summed E-state index contributed by atoms with van der Waals surface area (Å²) in [4.78, 5) is 10.4. The normalized spacial score (nSPS) is 11.9. The van der Waals surface area contributed by atoms with Crippen LogP contribution in [0, 0.1) is 0 Å². The van der Waals surface area contributed by atoms with Gasteiger partial charge in [0.1, 0.15) is 11.2 Å². The summed E-state index contributed by atoms with van der Waals surface area (Å²) in [6.07, 6.45) is 0. The van der Waals surface area contributed by atoms with E-state index in [-0.39, 0.29) is 0 Å². The summed E-state index contributed by atoms with van der Waals surface area (Å²) >= 11 is 1.81. The Hall–Kier alpha value is -6.56. The van der Waals surface area contributed by atoms with Gasteiger partial charge in [0, 0.05) is 58.7 Å². The lowest BCUT2D eigenvalue weighted by molar-refractivity contribution is 0.673. The molecule has 238 valence electrons. The molecular weight excluding hydrogens is 643 g/mol. The van der Waals surface area contributed by atoms with Crippen LogP contribution in [0.3, 0.4) is 0 Å². The molecule has 0 bridgehead atoms. The monoisotopic (exact) mass is 669 g/mol. The Bertz CT molecular complexity index is 3130. The zero-order chi connectivity index (χ0) is 33.5. The van der Waals surface area contributed by atoms with Gasteiger partial charge >= 0.3 is 0 Å². The fraction of sp³-hybridized carbons (Fsp3) is 0. The van der Waals surface area contributed by atoms with Crippen LogP contribution in [-0.4, -0.2) is 14.5 Å². The molecule has 4 heterocycles. The molecule has 0 fully saturated rings. The molecule has 0 radical (unpaired) electrons. The molecule has 0 aliphatic heterocycles. The predicted molar refractivity (Wildman–Crippen MR) is 213 cm³/mol. The minimum Gasteiger partial charge on any atom is -0.455 e. The van der Waals surface area contributed by atoms with E-state index >= 15 is 0 Å². The molecule has 0 saturated heterocycles. The second-order valence-corrected chi connectivity index (χ2v) is 14.0. The van der Waals surface area contributed by atoms with Gasteiger partial charge in [0.25, 0.3) is 0 Å². The lowest BCUT2D eigenvalue weighted by Crippen LogP contribution is -1.97. The third-order valence-corrected chi connectivity index (χ3v) is 11.2. The van der Waals surface area contributed by atoms with Crippen molar-refractivity contribution in [3.05, 3.63) is 164 Å². The quantitative estimate of drug-likeness (QED) is 0.187. The molecular formula is C46H27N3OS. The van der Waals surface area contributed by atoms with Crippen LogP contribution in [0.1, 0.15) is 0 Å². The number of benzene rings is 7. The average molecular weight is 670 g/mol. The maximum absolute atomic E-state index is 6.51. The zero-order valence-electron chi connectivity index (χ0n) is 27.2. The number of nitrogens with zero attached hydrogens (tertiary/aromatic N) is 3. The van der Waals surface area contributed by atoms with E-state index in [1.165, 1.54) is 25.6 Å². The Morgan fingerprint density at radius 2 is 1.16 bits per heavy atom. The van der Waals surface area contributed by atoms with Crippen molar-refractivity contribution in [2.24, 2.45) is 0 Å². The number of hydrogen-bond acceptors (Lipinski definition) is 4. The number of thiophene rings is 1. The first-order valence-corrected chi connectivity index (χ1v) is 17.9. The van der Waals surface area contributed by atoms with Crippen molar-refractivity contribution < 1.29 is 4.42 Å². The van der Waals surface area contributed by atoms with Crippen molar-refractivity contribution in [1.29, 1.82) is 0 Å². The van der Waals surface area contributed by atoms with Crippen molar-refractivity contribution in [2.45, 2.75) is 0 Å². The number of rotatable bonds is 4. The van der Waals surface area contributed by atoms with Crippen molar-refractivity contribution >= 4 is 75.3 Å². The standard InChI is InChI=1S/C46H27N3OS/c1-2-11-28(12-3-1)36-27-37(48-46(47-36)35-16-10-20-42-43(35)34-15-6-9-19-41(34)51-42)29-21-23-30(24-22-29)49-38-17-7-4-14-33(38)44-39(49)26-25-32-31-13-5-8-18-40(31)50-45(32)44/h1-27H. The first kappa shape index (κ1) is 28.3. The highest BCUT2D eigenvalue weighted by Crippen LogP contribution is 2.42. The van der Waals surface area contributed by atoms with Gasteiger partial charge in [-0.1, -0.05) is 109 Å². The van der Waals surface area contributed by atoms with E-state index in [1.807, 2.05) is 29.5 Å². The third kappa shape index (κ3) is 4.32. The Morgan fingerprint density at radius 1 is 0.471 bits per heavy atom. The molecule has 5 heteroatoms. The molecule has 0 aliphatic carbocycles. The highest BCUT2D eigenvalue weighted by Gasteiger charge is 2.19. The number of furan rings is 1. The summed E-state index contributed by atoms with van der Waals surface area (Å²) in [6.45, 7) is 0. The Labute approximate surface area is 296 Å². The smallest absolute Gasteiger partial charge is 0.161 e. The fourth-order valence-corrected chi connectivity index (χ4v) is 8.86. The van der Waals surface area contributed by atoms with Gasteiger partial charge in [-0.05, 0) is 54.6 Å². The van der Waals surface area contributed by atoms with Crippen molar-refractivity contribution in [1.82, 2.24) is 14.5 Å². The Balaban J connectivity index is 1.09. The van der Waals surface area contributed by atoms with Gasteiger partial charge in [-0.3, -0.25) is 0 Å². The van der Waals surface area contributed by atoms with E-state index in [9.17, 15) is 0 Å². The molecule has 0 aliphatic rings. The minimum absolute atomic E-state index is 0.724. The second-order valence-electron chi connectivity index (χ2n) is 12.9. The maximum atomic E-state index is 6.51. The van der Waals surface area contributed by atoms with Crippen LogP contribution < -0.4 is 0 Å². The molecule has 11 rings (SSSR count). The molecule has 0 atom stereocenters. The summed E-state index contributed by atoms with van der Waals surface area (Å²) in [5.41, 5.74) is 10.1. The Kier molecular flexibility index (Phi) is 6.09. The van der Waals surface area contributed by atoms with E-state index in [0.29, 0.717) is 0 Å². The van der Waals surface area contributed by atoms with E-state index in [4.69, 9.17) is 14.4 Å². The van der Waals surface area contributed by atoms with Crippen LogP contribution in [-0.2, 0) is 0 Å². The molecule has 11 aromatic rings. The van der Waals surface area contributed by atoms with Crippen LogP contribution >= 0.6 is 11.3 Å². The second kappa shape index (κ2) is 11.0.